The quantitative estimate of drug-likeness (QED) is 0.911. The predicted molar refractivity (Wildman–Crippen MR) is 81.7 cm³/mol. The van der Waals surface area contributed by atoms with Gasteiger partial charge in [0.2, 0.25) is 0 Å². The summed E-state index contributed by atoms with van der Waals surface area (Å²) in [4.78, 5) is 13.9. The van der Waals surface area contributed by atoms with Gasteiger partial charge in [0.15, 0.2) is 0 Å². The van der Waals surface area contributed by atoms with E-state index in [1.165, 1.54) is 23.1 Å². The van der Waals surface area contributed by atoms with Gasteiger partial charge in [-0.1, -0.05) is 23.7 Å². The Labute approximate surface area is 128 Å². The summed E-state index contributed by atoms with van der Waals surface area (Å²) < 4.78 is 0. The van der Waals surface area contributed by atoms with Gasteiger partial charge >= 0.3 is 0 Å². The Morgan fingerprint density at radius 3 is 2.33 bits per heavy atom. The summed E-state index contributed by atoms with van der Waals surface area (Å²) in [5, 5.41) is 19.5. The number of carbonyl (C=O) groups excluding carboxylic acids is 1. The van der Waals surface area contributed by atoms with Gasteiger partial charge in [-0.05, 0) is 36.8 Å². The van der Waals surface area contributed by atoms with Gasteiger partial charge < -0.3 is 15.1 Å². The highest BCUT2D eigenvalue weighted by molar-refractivity contribution is 6.30. The second-order valence-corrected chi connectivity index (χ2v) is 5.32. The van der Waals surface area contributed by atoms with Gasteiger partial charge in [0.25, 0.3) is 5.91 Å². The number of hydrogen-bond donors (Lipinski definition) is 2. The van der Waals surface area contributed by atoms with Crippen LogP contribution in [-0.4, -0.2) is 28.1 Å². The zero-order valence-corrected chi connectivity index (χ0v) is 12.5. The lowest BCUT2D eigenvalue weighted by Crippen LogP contribution is -2.29. The maximum atomic E-state index is 12.4. The monoisotopic (exact) mass is 305 g/mol. The Balaban J connectivity index is 2.26. The molecular formula is C16H16ClNO3. The van der Waals surface area contributed by atoms with Crippen molar-refractivity contribution in [1.29, 1.82) is 0 Å². The van der Waals surface area contributed by atoms with Gasteiger partial charge in [-0.15, -0.1) is 0 Å². The highest BCUT2D eigenvalue weighted by atomic mass is 35.5. The molecule has 2 aromatic carbocycles. The van der Waals surface area contributed by atoms with E-state index in [4.69, 9.17) is 11.6 Å². The largest absolute Gasteiger partial charge is 0.508 e. The van der Waals surface area contributed by atoms with Crippen molar-refractivity contribution in [2.75, 3.05) is 7.05 Å². The fourth-order valence-electron chi connectivity index (χ4n) is 2.09. The van der Waals surface area contributed by atoms with E-state index in [0.29, 0.717) is 5.02 Å². The molecule has 110 valence electrons. The first kappa shape index (κ1) is 15.2. The molecule has 21 heavy (non-hydrogen) atoms. The van der Waals surface area contributed by atoms with E-state index in [1.54, 1.807) is 19.2 Å². The predicted octanol–water partition coefficient (Wildman–Crippen LogP) is 3.58. The Kier molecular flexibility index (Phi) is 4.38. The first-order chi connectivity index (χ1) is 9.88. The van der Waals surface area contributed by atoms with Crippen molar-refractivity contribution in [1.82, 2.24) is 4.90 Å². The zero-order chi connectivity index (χ0) is 15.6. The van der Waals surface area contributed by atoms with Gasteiger partial charge in [0, 0.05) is 23.7 Å². The molecule has 0 aromatic heterocycles. The van der Waals surface area contributed by atoms with Crippen LogP contribution in [0.15, 0.2) is 42.5 Å². The number of benzene rings is 2. The lowest BCUT2D eigenvalue weighted by Gasteiger charge is -2.25. The third kappa shape index (κ3) is 3.47. The minimum atomic E-state index is -0.298. The van der Waals surface area contributed by atoms with E-state index in [9.17, 15) is 15.0 Å². The van der Waals surface area contributed by atoms with E-state index in [0.717, 1.165) is 5.56 Å². The van der Waals surface area contributed by atoms with Gasteiger partial charge in [-0.2, -0.15) is 0 Å². The smallest absolute Gasteiger partial charge is 0.254 e. The molecule has 0 saturated carbocycles. The number of nitrogens with zero attached hydrogens (tertiary/aromatic N) is 1. The number of halogens is 1. The highest BCUT2D eigenvalue weighted by Gasteiger charge is 2.20. The van der Waals surface area contributed by atoms with Crippen LogP contribution in [-0.2, 0) is 0 Å². The molecule has 1 atom stereocenters. The minimum Gasteiger partial charge on any atom is -0.508 e. The van der Waals surface area contributed by atoms with Crippen LogP contribution in [0.2, 0.25) is 5.02 Å². The van der Waals surface area contributed by atoms with Crippen LogP contribution in [0.25, 0.3) is 0 Å². The van der Waals surface area contributed by atoms with Crippen LogP contribution in [0, 0.1) is 0 Å². The molecule has 2 rings (SSSR count). The van der Waals surface area contributed by atoms with Gasteiger partial charge in [0.05, 0.1) is 6.04 Å². The number of phenolic OH excluding ortho intramolecular Hbond substituents is 2. The normalized spacial score (nSPS) is 12.0. The zero-order valence-electron chi connectivity index (χ0n) is 11.7. The van der Waals surface area contributed by atoms with Crippen LogP contribution < -0.4 is 0 Å². The van der Waals surface area contributed by atoms with Crippen molar-refractivity contribution >= 4 is 17.5 Å². The molecule has 0 heterocycles. The van der Waals surface area contributed by atoms with Crippen molar-refractivity contribution < 1.29 is 15.0 Å². The van der Waals surface area contributed by atoms with Gasteiger partial charge in [-0.25, -0.2) is 0 Å². The van der Waals surface area contributed by atoms with Crippen molar-refractivity contribution in [2.45, 2.75) is 13.0 Å². The molecule has 0 fully saturated rings. The number of amides is 1. The lowest BCUT2D eigenvalue weighted by atomic mass is 10.1. The van der Waals surface area contributed by atoms with E-state index in [1.807, 2.05) is 19.1 Å². The average Bonchev–Trinajstić information content (AvgIpc) is 2.44. The maximum absolute atomic E-state index is 12.4. The molecule has 4 nitrogen and oxygen atoms in total. The van der Waals surface area contributed by atoms with Crippen LogP contribution in [0.5, 0.6) is 11.5 Å². The van der Waals surface area contributed by atoms with E-state index in [-0.39, 0.29) is 29.0 Å². The van der Waals surface area contributed by atoms with Crippen molar-refractivity contribution in [3.05, 3.63) is 58.6 Å². The molecule has 5 heteroatoms. The number of phenols is 2. The number of hydrogen-bond acceptors (Lipinski definition) is 3. The summed E-state index contributed by atoms with van der Waals surface area (Å²) in [7, 11) is 1.66. The molecule has 1 unspecified atom stereocenters. The molecule has 2 aromatic rings. The van der Waals surface area contributed by atoms with Crippen molar-refractivity contribution in [2.24, 2.45) is 0 Å². The Bertz CT molecular complexity index is 652. The summed E-state index contributed by atoms with van der Waals surface area (Å²) in [5.74, 6) is -0.599. The number of carbonyl (C=O) groups is 1. The summed E-state index contributed by atoms with van der Waals surface area (Å²) in [6.45, 7) is 1.88. The topological polar surface area (TPSA) is 60.8 Å². The van der Waals surface area contributed by atoms with Crippen molar-refractivity contribution in [3.8, 4) is 11.5 Å². The van der Waals surface area contributed by atoms with Crippen LogP contribution in [0.3, 0.4) is 0 Å². The van der Waals surface area contributed by atoms with E-state index in [2.05, 4.69) is 0 Å². The second kappa shape index (κ2) is 6.06. The molecule has 0 radical (unpaired) electrons. The molecule has 0 aliphatic carbocycles. The summed E-state index contributed by atoms with van der Waals surface area (Å²) in [5.41, 5.74) is 1.13. The SMILES string of the molecule is CC(c1cccc(Cl)c1)N(C)C(=O)c1cc(O)cc(O)c1. The van der Waals surface area contributed by atoms with Crippen LogP contribution >= 0.6 is 11.6 Å². The van der Waals surface area contributed by atoms with Gasteiger partial charge in [-0.3, -0.25) is 4.79 Å². The molecule has 1 amide bonds. The van der Waals surface area contributed by atoms with E-state index >= 15 is 0 Å². The molecule has 2 N–H and O–H groups in total. The maximum Gasteiger partial charge on any atom is 0.254 e. The lowest BCUT2D eigenvalue weighted by molar-refractivity contribution is 0.0742. The number of rotatable bonds is 3. The Morgan fingerprint density at radius 2 is 1.76 bits per heavy atom. The average molecular weight is 306 g/mol. The highest BCUT2D eigenvalue weighted by Crippen LogP contribution is 2.26. The van der Waals surface area contributed by atoms with Gasteiger partial charge in [0.1, 0.15) is 11.5 Å². The number of aromatic hydroxyl groups is 2. The Hall–Kier alpha value is -2.20. The molecule has 0 spiro atoms. The second-order valence-electron chi connectivity index (χ2n) is 4.89. The minimum absolute atomic E-state index is 0.151. The first-order valence-corrected chi connectivity index (χ1v) is 6.82. The fourth-order valence-corrected chi connectivity index (χ4v) is 2.29. The molecule has 0 aliphatic heterocycles. The Morgan fingerprint density at radius 1 is 1.14 bits per heavy atom. The molecule has 0 aliphatic rings. The van der Waals surface area contributed by atoms with Crippen LogP contribution in [0.4, 0.5) is 0 Å². The molecule has 0 bridgehead atoms. The standard InChI is InChI=1S/C16H16ClNO3/c1-10(11-4-3-5-13(17)6-11)18(2)16(21)12-7-14(19)9-15(20)8-12/h3-10,19-20H,1-2H3. The first-order valence-electron chi connectivity index (χ1n) is 6.44. The summed E-state index contributed by atoms with van der Waals surface area (Å²) in [6, 6.07) is 10.9. The summed E-state index contributed by atoms with van der Waals surface area (Å²) >= 11 is 5.96. The molecule has 0 saturated heterocycles. The molecular weight excluding hydrogens is 290 g/mol. The third-order valence-electron chi connectivity index (χ3n) is 3.38. The van der Waals surface area contributed by atoms with E-state index < -0.39 is 0 Å². The van der Waals surface area contributed by atoms with Crippen molar-refractivity contribution in [3.63, 3.8) is 0 Å². The van der Waals surface area contributed by atoms with Crippen LogP contribution in [0.1, 0.15) is 28.9 Å². The summed E-state index contributed by atoms with van der Waals surface area (Å²) in [6.07, 6.45) is 0. The third-order valence-corrected chi connectivity index (χ3v) is 3.62. The fraction of sp³-hybridized carbons (Fsp3) is 0.188.